The SMILES string of the molecule is CC(C)NC(=O)NCCCC1CCS(=O)(=O)C1. The Labute approximate surface area is 103 Å². The highest BCUT2D eigenvalue weighted by Crippen LogP contribution is 2.22. The third-order valence-corrected chi connectivity index (χ3v) is 4.66. The molecule has 0 aliphatic carbocycles. The highest BCUT2D eigenvalue weighted by atomic mass is 32.2. The van der Waals surface area contributed by atoms with Crippen molar-refractivity contribution in [3.63, 3.8) is 0 Å². The third kappa shape index (κ3) is 5.91. The molecular formula is C11H22N2O3S. The molecule has 1 heterocycles. The number of nitrogens with one attached hydrogen (secondary N) is 2. The molecule has 0 radical (unpaired) electrons. The molecule has 1 aliphatic rings. The highest BCUT2D eigenvalue weighted by Gasteiger charge is 2.27. The highest BCUT2D eigenvalue weighted by molar-refractivity contribution is 7.91. The standard InChI is InChI=1S/C11H22N2O3S/c1-9(2)13-11(14)12-6-3-4-10-5-7-17(15,16)8-10/h9-10H,3-8H2,1-2H3,(H2,12,13,14). The zero-order valence-corrected chi connectivity index (χ0v) is 11.3. The molecule has 0 aromatic carbocycles. The Morgan fingerprint density at radius 3 is 2.65 bits per heavy atom. The average Bonchev–Trinajstić information content (AvgIpc) is 2.52. The van der Waals surface area contributed by atoms with Gasteiger partial charge in [0.1, 0.15) is 0 Å². The maximum Gasteiger partial charge on any atom is 0.314 e. The Morgan fingerprint density at radius 1 is 1.41 bits per heavy atom. The van der Waals surface area contributed by atoms with Gasteiger partial charge in [0.25, 0.3) is 0 Å². The molecule has 1 rings (SSSR count). The zero-order valence-electron chi connectivity index (χ0n) is 10.5. The fourth-order valence-corrected chi connectivity index (χ4v) is 3.92. The molecule has 1 fully saturated rings. The molecule has 0 aromatic heterocycles. The predicted molar refractivity (Wildman–Crippen MR) is 67.7 cm³/mol. The van der Waals surface area contributed by atoms with Crippen LogP contribution in [0.15, 0.2) is 0 Å². The van der Waals surface area contributed by atoms with E-state index in [9.17, 15) is 13.2 Å². The second-order valence-corrected chi connectivity index (χ2v) is 7.19. The fourth-order valence-electron chi connectivity index (χ4n) is 2.01. The first-order chi connectivity index (χ1) is 7.89. The Morgan fingerprint density at radius 2 is 2.12 bits per heavy atom. The number of amides is 2. The van der Waals surface area contributed by atoms with Crippen LogP contribution in [0, 0.1) is 5.92 Å². The normalized spacial score (nSPS) is 22.6. The molecular weight excluding hydrogens is 240 g/mol. The number of carbonyl (C=O) groups excluding carboxylic acids is 1. The first-order valence-corrected chi connectivity index (χ1v) is 7.96. The van der Waals surface area contributed by atoms with Crippen molar-refractivity contribution in [3.8, 4) is 0 Å². The van der Waals surface area contributed by atoms with E-state index in [0.717, 1.165) is 19.3 Å². The van der Waals surface area contributed by atoms with Gasteiger partial charge in [0.15, 0.2) is 9.84 Å². The van der Waals surface area contributed by atoms with Crippen LogP contribution in [0.5, 0.6) is 0 Å². The van der Waals surface area contributed by atoms with Gasteiger partial charge in [0, 0.05) is 12.6 Å². The average molecular weight is 262 g/mol. The minimum absolute atomic E-state index is 0.134. The molecule has 1 unspecified atom stereocenters. The topological polar surface area (TPSA) is 75.3 Å². The van der Waals surface area contributed by atoms with Gasteiger partial charge in [-0.05, 0) is 39.0 Å². The summed E-state index contributed by atoms with van der Waals surface area (Å²) in [7, 11) is -2.76. The van der Waals surface area contributed by atoms with Crippen molar-refractivity contribution in [3.05, 3.63) is 0 Å². The van der Waals surface area contributed by atoms with Crippen LogP contribution in [-0.4, -0.2) is 38.5 Å². The van der Waals surface area contributed by atoms with Crippen LogP contribution in [0.2, 0.25) is 0 Å². The molecule has 6 heteroatoms. The molecule has 100 valence electrons. The zero-order chi connectivity index (χ0) is 12.9. The monoisotopic (exact) mass is 262 g/mol. The largest absolute Gasteiger partial charge is 0.338 e. The van der Waals surface area contributed by atoms with Crippen molar-refractivity contribution in [2.75, 3.05) is 18.1 Å². The lowest BCUT2D eigenvalue weighted by atomic mass is 10.0. The first-order valence-electron chi connectivity index (χ1n) is 6.14. The van der Waals surface area contributed by atoms with Gasteiger partial charge in [0.2, 0.25) is 0 Å². The van der Waals surface area contributed by atoms with Crippen LogP contribution in [0.1, 0.15) is 33.1 Å². The predicted octanol–water partition coefficient (Wildman–Crippen LogP) is 0.909. The first kappa shape index (κ1) is 14.3. The second-order valence-electron chi connectivity index (χ2n) is 4.97. The fraction of sp³-hybridized carbons (Fsp3) is 0.909. The van der Waals surface area contributed by atoms with Crippen LogP contribution < -0.4 is 10.6 Å². The van der Waals surface area contributed by atoms with Gasteiger partial charge in [-0.2, -0.15) is 0 Å². The van der Waals surface area contributed by atoms with Gasteiger partial charge < -0.3 is 10.6 Å². The van der Waals surface area contributed by atoms with Crippen molar-refractivity contribution in [2.45, 2.75) is 39.2 Å². The Balaban J connectivity index is 2.07. The van der Waals surface area contributed by atoms with E-state index in [2.05, 4.69) is 10.6 Å². The van der Waals surface area contributed by atoms with Crippen molar-refractivity contribution in [2.24, 2.45) is 5.92 Å². The van der Waals surface area contributed by atoms with Gasteiger partial charge >= 0.3 is 6.03 Å². The molecule has 0 bridgehead atoms. The molecule has 2 N–H and O–H groups in total. The maximum absolute atomic E-state index is 11.2. The maximum atomic E-state index is 11.2. The van der Waals surface area contributed by atoms with Crippen molar-refractivity contribution >= 4 is 15.9 Å². The van der Waals surface area contributed by atoms with Gasteiger partial charge in [-0.3, -0.25) is 0 Å². The number of rotatable bonds is 5. The molecule has 2 amide bonds. The van der Waals surface area contributed by atoms with Gasteiger partial charge in [-0.25, -0.2) is 13.2 Å². The van der Waals surface area contributed by atoms with Crippen LogP contribution in [0.4, 0.5) is 4.79 Å². The van der Waals surface area contributed by atoms with Crippen LogP contribution in [-0.2, 0) is 9.84 Å². The molecule has 0 saturated carbocycles. The Hall–Kier alpha value is -0.780. The number of sulfone groups is 1. The van der Waals surface area contributed by atoms with Gasteiger partial charge in [0.05, 0.1) is 11.5 Å². The lowest BCUT2D eigenvalue weighted by molar-refractivity contribution is 0.238. The summed E-state index contributed by atoms with van der Waals surface area (Å²) in [6.45, 7) is 4.42. The number of hydrogen-bond acceptors (Lipinski definition) is 3. The molecule has 5 nitrogen and oxygen atoms in total. The Kier molecular flexibility index (Phi) is 5.24. The molecule has 1 saturated heterocycles. The molecule has 1 aliphatic heterocycles. The van der Waals surface area contributed by atoms with Crippen LogP contribution >= 0.6 is 0 Å². The summed E-state index contributed by atoms with van der Waals surface area (Å²) in [6.07, 6.45) is 2.49. The second kappa shape index (κ2) is 6.23. The molecule has 0 aromatic rings. The van der Waals surface area contributed by atoms with E-state index in [1.807, 2.05) is 13.8 Å². The van der Waals surface area contributed by atoms with Crippen molar-refractivity contribution in [1.29, 1.82) is 0 Å². The van der Waals surface area contributed by atoms with E-state index in [1.54, 1.807) is 0 Å². The number of carbonyl (C=O) groups is 1. The third-order valence-electron chi connectivity index (χ3n) is 2.82. The van der Waals surface area contributed by atoms with Crippen molar-refractivity contribution in [1.82, 2.24) is 10.6 Å². The summed E-state index contributed by atoms with van der Waals surface area (Å²) in [6, 6.07) is -0.0194. The summed E-state index contributed by atoms with van der Waals surface area (Å²) in [5.74, 6) is 0.944. The number of hydrogen-bond donors (Lipinski definition) is 2. The summed E-state index contributed by atoms with van der Waals surface area (Å²) >= 11 is 0. The molecule has 17 heavy (non-hydrogen) atoms. The summed E-state index contributed by atoms with van der Waals surface area (Å²) < 4.78 is 22.4. The summed E-state index contributed by atoms with van der Waals surface area (Å²) in [5.41, 5.74) is 0. The van der Waals surface area contributed by atoms with Crippen LogP contribution in [0.3, 0.4) is 0 Å². The van der Waals surface area contributed by atoms with E-state index in [-0.39, 0.29) is 18.0 Å². The van der Waals surface area contributed by atoms with Crippen LogP contribution in [0.25, 0.3) is 0 Å². The van der Waals surface area contributed by atoms with E-state index in [4.69, 9.17) is 0 Å². The smallest absolute Gasteiger partial charge is 0.314 e. The van der Waals surface area contributed by atoms with Crippen molar-refractivity contribution < 1.29 is 13.2 Å². The van der Waals surface area contributed by atoms with E-state index >= 15 is 0 Å². The molecule has 0 spiro atoms. The van der Waals surface area contributed by atoms with Gasteiger partial charge in [-0.1, -0.05) is 0 Å². The Bertz CT molecular complexity index is 352. The van der Waals surface area contributed by atoms with Gasteiger partial charge in [-0.15, -0.1) is 0 Å². The quantitative estimate of drug-likeness (QED) is 0.723. The minimum atomic E-state index is -2.76. The lowest BCUT2D eigenvalue weighted by Crippen LogP contribution is -2.39. The minimum Gasteiger partial charge on any atom is -0.338 e. The lowest BCUT2D eigenvalue weighted by Gasteiger charge is -2.11. The van der Waals surface area contributed by atoms with E-state index in [1.165, 1.54) is 0 Å². The molecule has 1 atom stereocenters. The number of urea groups is 1. The summed E-state index contributed by atoms with van der Waals surface area (Å²) in [4.78, 5) is 11.2. The van der Waals surface area contributed by atoms with E-state index < -0.39 is 9.84 Å². The summed E-state index contributed by atoms with van der Waals surface area (Å²) in [5, 5.41) is 5.50. The van der Waals surface area contributed by atoms with E-state index in [0.29, 0.717) is 18.1 Å².